The Morgan fingerprint density at radius 3 is 2.65 bits per heavy atom. The second-order valence-electron chi connectivity index (χ2n) is 4.42. The summed E-state index contributed by atoms with van der Waals surface area (Å²) in [6.07, 6.45) is 3.49. The van der Waals surface area contributed by atoms with E-state index in [-0.39, 0.29) is 18.2 Å². The van der Waals surface area contributed by atoms with Crippen molar-refractivity contribution in [1.29, 1.82) is 0 Å². The lowest BCUT2D eigenvalue weighted by molar-refractivity contribution is -0.138. The number of hydrogen-bond acceptors (Lipinski definition) is 2. The van der Waals surface area contributed by atoms with Gasteiger partial charge in [-0.25, -0.2) is 0 Å². The lowest BCUT2D eigenvalue weighted by Gasteiger charge is -2.31. The number of carbonyl (C=O) groups excluding carboxylic acids is 1. The fourth-order valence-corrected chi connectivity index (χ4v) is 2.22. The molecule has 1 amide bonds. The summed E-state index contributed by atoms with van der Waals surface area (Å²) in [6.45, 7) is 1.30. The second kappa shape index (κ2) is 5.03. The van der Waals surface area contributed by atoms with Gasteiger partial charge in [0.2, 0.25) is 0 Å². The third-order valence-corrected chi connectivity index (χ3v) is 3.19. The molecule has 1 fully saturated rings. The van der Waals surface area contributed by atoms with Crippen molar-refractivity contribution in [2.24, 2.45) is 5.92 Å². The zero-order valence-corrected chi connectivity index (χ0v) is 9.56. The van der Waals surface area contributed by atoms with E-state index in [0.29, 0.717) is 18.8 Å². The summed E-state index contributed by atoms with van der Waals surface area (Å²) in [4.78, 5) is 27.2. The van der Waals surface area contributed by atoms with Crippen LogP contribution in [0.3, 0.4) is 0 Å². The van der Waals surface area contributed by atoms with Crippen LogP contribution >= 0.6 is 0 Å². The number of piperidine rings is 1. The molecule has 1 aromatic heterocycles. The van der Waals surface area contributed by atoms with Crippen LogP contribution in [0.4, 0.5) is 0 Å². The molecule has 17 heavy (non-hydrogen) atoms. The van der Waals surface area contributed by atoms with E-state index in [0.717, 1.165) is 12.8 Å². The maximum Gasteiger partial charge on any atom is 0.303 e. The fourth-order valence-electron chi connectivity index (χ4n) is 2.22. The molecule has 2 N–H and O–H groups in total. The number of amides is 1. The molecule has 2 heterocycles. The van der Waals surface area contributed by atoms with Crippen LogP contribution in [0.5, 0.6) is 0 Å². The molecule has 1 aliphatic heterocycles. The Balaban J connectivity index is 1.87. The maximum absolute atomic E-state index is 12.0. The van der Waals surface area contributed by atoms with E-state index in [9.17, 15) is 9.59 Å². The van der Waals surface area contributed by atoms with Crippen LogP contribution in [0.15, 0.2) is 18.3 Å². The zero-order valence-electron chi connectivity index (χ0n) is 9.56. The van der Waals surface area contributed by atoms with Gasteiger partial charge in [-0.1, -0.05) is 0 Å². The van der Waals surface area contributed by atoms with Gasteiger partial charge < -0.3 is 15.0 Å². The summed E-state index contributed by atoms with van der Waals surface area (Å²) in [7, 11) is 0. The first kappa shape index (κ1) is 11.7. The van der Waals surface area contributed by atoms with Gasteiger partial charge >= 0.3 is 5.97 Å². The topological polar surface area (TPSA) is 73.4 Å². The van der Waals surface area contributed by atoms with Crippen molar-refractivity contribution in [2.75, 3.05) is 13.1 Å². The van der Waals surface area contributed by atoms with Crippen molar-refractivity contribution in [3.8, 4) is 0 Å². The van der Waals surface area contributed by atoms with Crippen molar-refractivity contribution in [1.82, 2.24) is 9.88 Å². The number of hydrogen-bond donors (Lipinski definition) is 2. The molecule has 0 unspecified atom stereocenters. The molecule has 0 saturated carbocycles. The first-order valence-corrected chi connectivity index (χ1v) is 5.81. The van der Waals surface area contributed by atoms with Crippen LogP contribution in [0.25, 0.3) is 0 Å². The van der Waals surface area contributed by atoms with E-state index in [4.69, 9.17) is 5.11 Å². The van der Waals surface area contributed by atoms with Gasteiger partial charge in [0.05, 0.1) is 0 Å². The number of carbonyl (C=O) groups is 2. The summed E-state index contributed by atoms with van der Waals surface area (Å²) in [5, 5.41) is 8.71. The molecule has 0 aliphatic carbocycles. The van der Waals surface area contributed by atoms with Crippen LogP contribution in [-0.2, 0) is 4.79 Å². The number of rotatable bonds is 3. The molecule has 92 valence electrons. The molecular weight excluding hydrogens is 220 g/mol. The van der Waals surface area contributed by atoms with E-state index in [1.54, 1.807) is 23.2 Å². The molecule has 0 aromatic carbocycles. The summed E-state index contributed by atoms with van der Waals surface area (Å²) in [6, 6.07) is 3.55. The predicted octanol–water partition coefficient (Wildman–Crippen LogP) is 1.34. The summed E-state index contributed by atoms with van der Waals surface area (Å²) >= 11 is 0. The minimum atomic E-state index is -0.751. The van der Waals surface area contributed by atoms with Gasteiger partial charge in [0.1, 0.15) is 5.69 Å². The third kappa shape index (κ3) is 2.87. The quantitative estimate of drug-likeness (QED) is 0.831. The number of aromatic nitrogens is 1. The van der Waals surface area contributed by atoms with Gasteiger partial charge in [-0.15, -0.1) is 0 Å². The average molecular weight is 236 g/mol. The van der Waals surface area contributed by atoms with Crippen molar-refractivity contribution in [3.05, 3.63) is 24.0 Å². The Morgan fingerprint density at radius 2 is 2.12 bits per heavy atom. The van der Waals surface area contributed by atoms with Gasteiger partial charge in [0.25, 0.3) is 5.91 Å². The normalized spacial score (nSPS) is 17.1. The second-order valence-corrected chi connectivity index (χ2v) is 4.42. The lowest BCUT2D eigenvalue weighted by Crippen LogP contribution is -2.39. The standard InChI is InChI=1S/C12H16N2O3/c15-11(16)8-9-3-6-14(7-4-9)12(17)10-2-1-5-13-10/h1-2,5,9,13H,3-4,6-8H2,(H,15,16). The molecule has 2 rings (SSSR count). The highest BCUT2D eigenvalue weighted by Gasteiger charge is 2.25. The Labute approximate surface area is 99.4 Å². The molecule has 1 aromatic rings. The smallest absolute Gasteiger partial charge is 0.303 e. The van der Waals surface area contributed by atoms with Crippen LogP contribution < -0.4 is 0 Å². The fraction of sp³-hybridized carbons (Fsp3) is 0.500. The molecule has 0 spiro atoms. The van der Waals surface area contributed by atoms with Crippen molar-refractivity contribution in [2.45, 2.75) is 19.3 Å². The number of nitrogens with zero attached hydrogens (tertiary/aromatic N) is 1. The summed E-state index contributed by atoms with van der Waals surface area (Å²) in [5.41, 5.74) is 0.599. The summed E-state index contributed by atoms with van der Waals surface area (Å²) in [5.74, 6) is -0.539. The first-order valence-electron chi connectivity index (χ1n) is 5.81. The monoisotopic (exact) mass is 236 g/mol. The van der Waals surface area contributed by atoms with Crippen LogP contribution in [-0.4, -0.2) is 40.0 Å². The van der Waals surface area contributed by atoms with Crippen LogP contribution in [0.2, 0.25) is 0 Å². The van der Waals surface area contributed by atoms with Gasteiger partial charge in [0, 0.05) is 25.7 Å². The third-order valence-electron chi connectivity index (χ3n) is 3.19. The highest BCUT2D eigenvalue weighted by atomic mass is 16.4. The minimum Gasteiger partial charge on any atom is -0.481 e. The van der Waals surface area contributed by atoms with Gasteiger partial charge in [0.15, 0.2) is 0 Å². The van der Waals surface area contributed by atoms with E-state index in [1.807, 2.05) is 0 Å². The van der Waals surface area contributed by atoms with Gasteiger partial charge in [-0.2, -0.15) is 0 Å². The summed E-state index contributed by atoms with van der Waals surface area (Å²) < 4.78 is 0. The Bertz CT molecular complexity index is 392. The number of nitrogens with one attached hydrogen (secondary N) is 1. The molecular formula is C12H16N2O3. The van der Waals surface area contributed by atoms with Crippen molar-refractivity contribution in [3.63, 3.8) is 0 Å². The first-order chi connectivity index (χ1) is 8.16. The van der Waals surface area contributed by atoms with Crippen molar-refractivity contribution < 1.29 is 14.7 Å². The molecule has 0 radical (unpaired) electrons. The van der Waals surface area contributed by atoms with E-state index < -0.39 is 5.97 Å². The number of likely N-dealkylation sites (tertiary alicyclic amines) is 1. The van der Waals surface area contributed by atoms with E-state index in [1.165, 1.54) is 0 Å². The van der Waals surface area contributed by atoms with Gasteiger partial charge in [-0.3, -0.25) is 9.59 Å². The van der Waals surface area contributed by atoms with E-state index in [2.05, 4.69) is 4.98 Å². The number of aliphatic carboxylic acids is 1. The zero-order chi connectivity index (χ0) is 12.3. The Morgan fingerprint density at radius 1 is 1.41 bits per heavy atom. The number of aromatic amines is 1. The minimum absolute atomic E-state index is 0.00350. The molecule has 5 heteroatoms. The largest absolute Gasteiger partial charge is 0.481 e. The highest BCUT2D eigenvalue weighted by molar-refractivity contribution is 5.92. The molecule has 5 nitrogen and oxygen atoms in total. The molecule has 0 atom stereocenters. The van der Waals surface area contributed by atoms with Crippen molar-refractivity contribution >= 4 is 11.9 Å². The number of H-pyrrole nitrogens is 1. The Kier molecular flexibility index (Phi) is 3.46. The lowest BCUT2D eigenvalue weighted by atomic mass is 9.93. The average Bonchev–Trinajstić information content (AvgIpc) is 2.82. The van der Waals surface area contributed by atoms with Gasteiger partial charge in [-0.05, 0) is 30.9 Å². The Hall–Kier alpha value is -1.78. The van der Waals surface area contributed by atoms with E-state index >= 15 is 0 Å². The van der Waals surface area contributed by atoms with Crippen LogP contribution in [0, 0.1) is 5.92 Å². The van der Waals surface area contributed by atoms with Crippen LogP contribution in [0.1, 0.15) is 29.8 Å². The maximum atomic E-state index is 12.0. The molecule has 1 saturated heterocycles. The number of carboxylic acid groups (broad SMARTS) is 1. The predicted molar refractivity (Wildman–Crippen MR) is 61.7 cm³/mol. The SMILES string of the molecule is O=C(O)CC1CCN(C(=O)c2ccc[nH]2)CC1. The highest BCUT2D eigenvalue weighted by Crippen LogP contribution is 2.21. The number of carboxylic acids is 1. The molecule has 1 aliphatic rings. The molecule has 0 bridgehead atoms.